The van der Waals surface area contributed by atoms with E-state index < -0.39 is 0 Å². The van der Waals surface area contributed by atoms with Crippen LogP contribution in [0.3, 0.4) is 0 Å². The Bertz CT molecular complexity index is 200. The molecule has 1 aliphatic heterocycles. The van der Waals surface area contributed by atoms with Crippen LogP contribution in [-0.4, -0.2) is 36.7 Å². The maximum Gasteiger partial charge on any atom is 0.0648 e. The summed E-state index contributed by atoms with van der Waals surface area (Å²) in [6, 6.07) is 0. The molecule has 0 saturated carbocycles. The zero-order valence-corrected chi connectivity index (χ0v) is 9.92. The fraction of sp³-hybridized carbons (Fsp3) is 0.833. The Hall–Kier alpha value is -0.340. The van der Waals surface area contributed by atoms with Crippen molar-refractivity contribution in [2.45, 2.75) is 38.8 Å². The molecule has 2 nitrogen and oxygen atoms in total. The molecular formula is C12H23NO. The molecule has 0 aliphatic carbocycles. The molecule has 1 saturated heterocycles. The molecule has 0 spiro atoms. The van der Waals surface area contributed by atoms with Gasteiger partial charge < -0.3 is 9.64 Å². The largest absolute Gasteiger partial charge is 0.374 e. The quantitative estimate of drug-likeness (QED) is 0.644. The van der Waals surface area contributed by atoms with E-state index in [1.54, 1.807) is 0 Å². The van der Waals surface area contributed by atoms with E-state index in [1.165, 1.54) is 0 Å². The number of likely N-dealkylation sites (tertiary alicyclic amines) is 1. The van der Waals surface area contributed by atoms with Gasteiger partial charge in [-0.25, -0.2) is 0 Å². The van der Waals surface area contributed by atoms with Crippen LogP contribution in [0, 0.1) is 5.92 Å². The second-order valence-electron chi connectivity index (χ2n) is 4.81. The third kappa shape index (κ3) is 2.18. The number of rotatable bonds is 3. The number of hydrogen-bond donors (Lipinski definition) is 0. The average molecular weight is 197 g/mol. The lowest BCUT2D eigenvalue weighted by atomic mass is 9.79. The van der Waals surface area contributed by atoms with Crippen molar-refractivity contribution < 1.29 is 4.74 Å². The van der Waals surface area contributed by atoms with Gasteiger partial charge in [0.25, 0.3) is 0 Å². The molecule has 0 aromatic heterocycles. The van der Waals surface area contributed by atoms with Gasteiger partial charge in [0.1, 0.15) is 0 Å². The van der Waals surface area contributed by atoms with Crippen molar-refractivity contribution in [3.8, 4) is 0 Å². The zero-order valence-electron chi connectivity index (χ0n) is 9.92. The Balaban J connectivity index is 2.60. The number of ether oxygens (including phenoxy) is 1. The highest BCUT2D eigenvalue weighted by Crippen LogP contribution is 2.33. The molecule has 1 aliphatic rings. The van der Waals surface area contributed by atoms with Crippen LogP contribution in [0.25, 0.3) is 0 Å². The predicted molar refractivity (Wildman–Crippen MR) is 60.4 cm³/mol. The maximum atomic E-state index is 5.78. The minimum atomic E-state index is 0.240. The van der Waals surface area contributed by atoms with Gasteiger partial charge in [-0.15, -0.1) is 6.58 Å². The van der Waals surface area contributed by atoms with Crippen LogP contribution in [-0.2, 0) is 4.74 Å². The zero-order chi connectivity index (χ0) is 10.8. The van der Waals surface area contributed by atoms with Crippen molar-refractivity contribution in [2.24, 2.45) is 5.92 Å². The number of nitrogens with zero attached hydrogens (tertiary/aromatic N) is 1. The summed E-state index contributed by atoms with van der Waals surface area (Å²) in [5.41, 5.74) is 0.240. The number of hydrogen-bond acceptors (Lipinski definition) is 2. The van der Waals surface area contributed by atoms with Crippen LogP contribution < -0.4 is 0 Å². The summed E-state index contributed by atoms with van der Waals surface area (Å²) in [5.74, 6) is 0.571. The first-order chi connectivity index (χ1) is 6.50. The van der Waals surface area contributed by atoms with Crippen molar-refractivity contribution in [3.63, 3.8) is 0 Å². The minimum Gasteiger partial charge on any atom is -0.374 e. The van der Waals surface area contributed by atoms with Gasteiger partial charge in [0.15, 0.2) is 0 Å². The van der Waals surface area contributed by atoms with Crippen molar-refractivity contribution in [1.82, 2.24) is 4.90 Å². The molecule has 0 bridgehead atoms. The Morgan fingerprint density at radius 1 is 1.57 bits per heavy atom. The molecule has 0 amide bonds. The molecule has 0 N–H and O–H groups in total. The fourth-order valence-corrected chi connectivity index (χ4v) is 2.08. The van der Waals surface area contributed by atoms with Crippen LogP contribution in [0.1, 0.15) is 27.2 Å². The van der Waals surface area contributed by atoms with Gasteiger partial charge in [0.2, 0.25) is 0 Å². The van der Waals surface area contributed by atoms with E-state index in [2.05, 4.69) is 39.3 Å². The maximum absolute atomic E-state index is 5.78. The average Bonchev–Trinajstić information content (AvgIpc) is 2.14. The summed E-state index contributed by atoms with van der Waals surface area (Å²) in [4.78, 5) is 2.42. The topological polar surface area (TPSA) is 12.5 Å². The Morgan fingerprint density at radius 3 is 2.79 bits per heavy atom. The predicted octanol–water partition coefficient (Wildman–Crippen LogP) is 2.31. The summed E-state index contributed by atoms with van der Waals surface area (Å²) in [5, 5.41) is 0. The Morgan fingerprint density at radius 2 is 2.21 bits per heavy atom. The van der Waals surface area contributed by atoms with Gasteiger partial charge >= 0.3 is 0 Å². The molecule has 0 radical (unpaired) electrons. The summed E-state index contributed by atoms with van der Waals surface area (Å²) in [7, 11) is 2.19. The van der Waals surface area contributed by atoms with Gasteiger partial charge in [-0.2, -0.15) is 0 Å². The molecule has 2 atom stereocenters. The molecule has 14 heavy (non-hydrogen) atoms. The van der Waals surface area contributed by atoms with E-state index in [0.29, 0.717) is 18.6 Å². The minimum absolute atomic E-state index is 0.240. The third-order valence-corrected chi connectivity index (χ3v) is 3.83. The summed E-state index contributed by atoms with van der Waals surface area (Å²) in [6.45, 7) is 12.4. The van der Waals surface area contributed by atoms with E-state index >= 15 is 0 Å². The molecule has 1 fully saturated rings. The van der Waals surface area contributed by atoms with E-state index in [0.717, 1.165) is 13.0 Å². The summed E-state index contributed by atoms with van der Waals surface area (Å²) in [6.07, 6.45) is 3.35. The fourth-order valence-electron chi connectivity index (χ4n) is 2.08. The number of piperidine rings is 1. The van der Waals surface area contributed by atoms with Crippen molar-refractivity contribution >= 4 is 0 Å². The van der Waals surface area contributed by atoms with Crippen LogP contribution in [0.15, 0.2) is 12.7 Å². The highest BCUT2D eigenvalue weighted by molar-refractivity contribution is 4.94. The molecule has 2 unspecified atom stereocenters. The standard InChI is InChI=1S/C12H23NO/c1-6-9-14-11-7-8-13(5)12(3,4)10(11)2/h6,10-11H,1,7-9H2,2-5H3. The second kappa shape index (κ2) is 4.45. The highest BCUT2D eigenvalue weighted by atomic mass is 16.5. The van der Waals surface area contributed by atoms with Gasteiger partial charge in [0, 0.05) is 18.0 Å². The smallest absolute Gasteiger partial charge is 0.0648 e. The van der Waals surface area contributed by atoms with E-state index in [4.69, 9.17) is 4.74 Å². The Kier molecular flexibility index (Phi) is 3.73. The van der Waals surface area contributed by atoms with Crippen molar-refractivity contribution in [3.05, 3.63) is 12.7 Å². The van der Waals surface area contributed by atoms with Gasteiger partial charge in [-0.1, -0.05) is 13.0 Å². The molecule has 1 rings (SSSR count). The SMILES string of the molecule is C=CCOC1CCN(C)C(C)(C)C1C. The van der Waals surface area contributed by atoms with Crippen molar-refractivity contribution in [2.75, 3.05) is 20.2 Å². The van der Waals surface area contributed by atoms with Gasteiger partial charge in [-0.3, -0.25) is 0 Å². The van der Waals surface area contributed by atoms with E-state index in [-0.39, 0.29) is 5.54 Å². The van der Waals surface area contributed by atoms with Gasteiger partial charge in [-0.05, 0) is 27.3 Å². The third-order valence-electron chi connectivity index (χ3n) is 3.83. The van der Waals surface area contributed by atoms with Crippen LogP contribution >= 0.6 is 0 Å². The van der Waals surface area contributed by atoms with E-state index in [9.17, 15) is 0 Å². The molecular weight excluding hydrogens is 174 g/mol. The first kappa shape index (κ1) is 11.7. The molecule has 1 heterocycles. The second-order valence-corrected chi connectivity index (χ2v) is 4.81. The molecule has 2 heteroatoms. The van der Waals surface area contributed by atoms with E-state index in [1.807, 2.05) is 6.08 Å². The molecule has 0 aromatic rings. The highest BCUT2D eigenvalue weighted by Gasteiger charge is 2.39. The molecule has 82 valence electrons. The van der Waals surface area contributed by atoms with Crippen LogP contribution in [0.5, 0.6) is 0 Å². The first-order valence-electron chi connectivity index (χ1n) is 5.44. The lowest BCUT2D eigenvalue weighted by Crippen LogP contribution is -2.56. The van der Waals surface area contributed by atoms with Crippen LogP contribution in [0.4, 0.5) is 0 Å². The molecule has 0 aromatic carbocycles. The summed E-state index contributed by atoms with van der Waals surface area (Å²) < 4.78 is 5.78. The first-order valence-corrected chi connectivity index (χ1v) is 5.44. The van der Waals surface area contributed by atoms with Gasteiger partial charge in [0.05, 0.1) is 12.7 Å². The van der Waals surface area contributed by atoms with Crippen molar-refractivity contribution in [1.29, 1.82) is 0 Å². The summed E-state index contributed by atoms with van der Waals surface area (Å²) >= 11 is 0. The normalized spacial score (nSPS) is 32.9. The lowest BCUT2D eigenvalue weighted by molar-refractivity contribution is -0.0709. The van der Waals surface area contributed by atoms with Crippen LogP contribution in [0.2, 0.25) is 0 Å². The Labute approximate surface area is 87.9 Å². The lowest BCUT2D eigenvalue weighted by Gasteiger charge is -2.48. The monoisotopic (exact) mass is 197 g/mol.